The Morgan fingerprint density at radius 3 is 2.83 bits per heavy atom. The maximum atomic E-state index is 4.34. The standard InChI is InChI=1S/C10H16N2/c1-2-9-7-12(8-11-9)10-5-3-4-6-10/h7-8,10H,2-6H2,1H3. The number of hydrogen-bond acceptors (Lipinski definition) is 1. The van der Waals surface area contributed by atoms with Crippen LogP contribution in [0.3, 0.4) is 0 Å². The van der Waals surface area contributed by atoms with Gasteiger partial charge in [-0.05, 0) is 19.3 Å². The van der Waals surface area contributed by atoms with Crippen LogP contribution in [0.1, 0.15) is 44.3 Å². The molecule has 0 bridgehead atoms. The highest BCUT2D eigenvalue weighted by Crippen LogP contribution is 2.29. The highest BCUT2D eigenvalue weighted by Gasteiger charge is 2.16. The van der Waals surface area contributed by atoms with Gasteiger partial charge in [0.15, 0.2) is 0 Å². The summed E-state index contributed by atoms with van der Waals surface area (Å²) in [5.41, 5.74) is 1.22. The van der Waals surface area contributed by atoms with Crippen molar-refractivity contribution >= 4 is 0 Å². The Morgan fingerprint density at radius 2 is 2.25 bits per heavy atom. The van der Waals surface area contributed by atoms with Gasteiger partial charge in [-0.25, -0.2) is 4.98 Å². The molecule has 0 saturated heterocycles. The van der Waals surface area contributed by atoms with Gasteiger partial charge in [-0.3, -0.25) is 0 Å². The second kappa shape index (κ2) is 3.30. The van der Waals surface area contributed by atoms with Crippen molar-refractivity contribution in [1.29, 1.82) is 0 Å². The first-order chi connectivity index (χ1) is 5.90. The van der Waals surface area contributed by atoms with Crippen molar-refractivity contribution < 1.29 is 0 Å². The Morgan fingerprint density at radius 1 is 1.50 bits per heavy atom. The smallest absolute Gasteiger partial charge is 0.0951 e. The van der Waals surface area contributed by atoms with E-state index in [1.54, 1.807) is 0 Å². The average molecular weight is 164 g/mol. The van der Waals surface area contributed by atoms with E-state index in [0.717, 1.165) is 12.5 Å². The van der Waals surface area contributed by atoms with Gasteiger partial charge in [0.1, 0.15) is 0 Å². The van der Waals surface area contributed by atoms with Crippen molar-refractivity contribution in [2.24, 2.45) is 0 Å². The Bertz CT molecular complexity index is 246. The monoisotopic (exact) mass is 164 g/mol. The van der Waals surface area contributed by atoms with Crippen molar-refractivity contribution in [2.45, 2.75) is 45.1 Å². The van der Waals surface area contributed by atoms with Crippen molar-refractivity contribution in [3.05, 3.63) is 18.2 Å². The van der Waals surface area contributed by atoms with Crippen molar-refractivity contribution in [3.63, 3.8) is 0 Å². The molecule has 0 aliphatic heterocycles. The van der Waals surface area contributed by atoms with Crippen LogP contribution in [0.5, 0.6) is 0 Å². The van der Waals surface area contributed by atoms with Crippen LogP contribution < -0.4 is 0 Å². The normalized spacial score (nSPS) is 18.8. The summed E-state index contributed by atoms with van der Waals surface area (Å²) in [5.74, 6) is 0. The van der Waals surface area contributed by atoms with Gasteiger partial charge < -0.3 is 4.57 Å². The van der Waals surface area contributed by atoms with Crippen LogP contribution in [0.25, 0.3) is 0 Å². The number of imidazole rings is 1. The summed E-state index contributed by atoms with van der Waals surface area (Å²) in [5, 5.41) is 0. The van der Waals surface area contributed by atoms with E-state index in [4.69, 9.17) is 0 Å². The summed E-state index contributed by atoms with van der Waals surface area (Å²) in [6.45, 7) is 2.15. The average Bonchev–Trinajstić information content (AvgIpc) is 2.75. The molecule has 0 atom stereocenters. The third kappa shape index (κ3) is 1.38. The number of aryl methyl sites for hydroxylation is 1. The van der Waals surface area contributed by atoms with Crippen LogP contribution in [-0.2, 0) is 6.42 Å². The fraction of sp³-hybridized carbons (Fsp3) is 0.700. The zero-order valence-electron chi connectivity index (χ0n) is 7.66. The molecule has 1 fully saturated rings. The maximum Gasteiger partial charge on any atom is 0.0951 e. The highest BCUT2D eigenvalue weighted by molar-refractivity contribution is 4.98. The van der Waals surface area contributed by atoms with E-state index in [9.17, 15) is 0 Å². The summed E-state index contributed by atoms with van der Waals surface area (Å²) in [6.07, 6.45) is 10.7. The molecule has 1 heterocycles. The summed E-state index contributed by atoms with van der Waals surface area (Å²) in [7, 11) is 0. The lowest BCUT2D eigenvalue weighted by Crippen LogP contribution is -2.00. The van der Waals surface area contributed by atoms with Gasteiger partial charge in [0.05, 0.1) is 12.0 Å². The molecule has 2 rings (SSSR count). The van der Waals surface area contributed by atoms with Crippen LogP contribution in [0.4, 0.5) is 0 Å². The Hall–Kier alpha value is -0.790. The lowest BCUT2D eigenvalue weighted by molar-refractivity contribution is 0.518. The number of rotatable bonds is 2. The minimum atomic E-state index is 0.748. The molecule has 1 saturated carbocycles. The van der Waals surface area contributed by atoms with E-state index in [1.165, 1.54) is 31.4 Å². The molecule has 0 aromatic carbocycles. The zero-order chi connectivity index (χ0) is 8.39. The van der Waals surface area contributed by atoms with Crippen LogP contribution in [0.2, 0.25) is 0 Å². The fourth-order valence-corrected chi connectivity index (χ4v) is 1.96. The first-order valence-corrected chi connectivity index (χ1v) is 4.92. The lowest BCUT2D eigenvalue weighted by atomic mass is 10.2. The summed E-state index contributed by atoms with van der Waals surface area (Å²) in [4.78, 5) is 4.34. The van der Waals surface area contributed by atoms with Crippen LogP contribution in [0, 0.1) is 0 Å². The van der Waals surface area contributed by atoms with E-state index in [2.05, 4.69) is 22.7 Å². The molecule has 1 aromatic heterocycles. The summed E-state index contributed by atoms with van der Waals surface area (Å²) in [6, 6.07) is 0.748. The summed E-state index contributed by atoms with van der Waals surface area (Å²) >= 11 is 0. The maximum absolute atomic E-state index is 4.34. The molecule has 0 amide bonds. The van der Waals surface area contributed by atoms with Gasteiger partial charge in [-0.1, -0.05) is 19.8 Å². The van der Waals surface area contributed by atoms with E-state index >= 15 is 0 Å². The largest absolute Gasteiger partial charge is 0.334 e. The molecular weight excluding hydrogens is 148 g/mol. The Labute approximate surface area is 73.6 Å². The molecule has 12 heavy (non-hydrogen) atoms. The Kier molecular flexibility index (Phi) is 2.15. The lowest BCUT2D eigenvalue weighted by Gasteiger charge is -2.09. The molecule has 0 N–H and O–H groups in total. The molecule has 2 heteroatoms. The first-order valence-electron chi connectivity index (χ1n) is 4.92. The van der Waals surface area contributed by atoms with E-state index in [-0.39, 0.29) is 0 Å². The van der Waals surface area contributed by atoms with Crippen LogP contribution in [0.15, 0.2) is 12.5 Å². The summed E-state index contributed by atoms with van der Waals surface area (Å²) < 4.78 is 2.30. The van der Waals surface area contributed by atoms with Crippen molar-refractivity contribution in [1.82, 2.24) is 9.55 Å². The molecule has 0 spiro atoms. The quantitative estimate of drug-likeness (QED) is 0.657. The molecule has 2 nitrogen and oxygen atoms in total. The molecule has 1 aliphatic rings. The molecule has 1 aliphatic carbocycles. The predicted octanol–water partition coefficient (Wildman–Crippen LogP) is 2.56. The molecule has 1 aromatic rings. The van der Waals surface area contributed by atoms with E-state index in [1.807, 2.05) is 6.33 Å². The second-order valence-electron chi connectivity index (χ2n) is 3.60. The third-order valence-corrected chi connectivity index (χ3v) is 2.76. The van der Waals surface area contributed by atoms with E-state index < -0.39 is 0 Å². The van der Waals surface area contributed by atoms with Crippen molar-refractivity contribution in [3.8, 4) is 0 Å². The van der Waals surface area contributed by atoms with Gasteiger partial charge in [-0.15, -0.1) is 0 Å². The molecule has 0 unspecified atom stereocenters. The SMILES string of the molecule is CCc1cn(C2CCCC2)cn1. The first kappa shape index (κ1) is 7.84. The topological polar surface area (TPSA) is 17.8 Å². The van der Waals surface area contributed by atoms with E-state index in [0.29, 0.717) is 0 Å². The third-order valence-electron chi connectivity index (χ3n) is 2.76. The number of aromatic nitrogens is 2. The van der Waals surface area contributed by atoms with Gasteiger partial charge in [0.2, 0.25) is 0 Å². The zero-order valence-corrected chi connectivity index (χ0v) is 7.66. The fourth-order valence-electron chi connectivity index (χ4n) is 1.96. The molecule has 0 radical (unpaired) electrons. The number of nitrogens with zero attached hydrogens (tertiary/aromatic N) is 2. The van der Waals surface area contributed by atoms with Gasteiger partial charge in [0, 0.05) is 12.2 Å². The van der Waals surface area contributed by atoms with Crippen LogP contribution >= 0.6 is 0 Å². The van der Waals surface area contributed by atoms with Crippen molar-refractivity contribution in [2.75, 3.05) is 0 Å². The molecular formula is C10H16N2. The van der Waals surface area contributed by atoms with Crippen LogP contribution in [-0.4, -0.2) is 9.55 Å². The second-order valence-corrected chi connectivity index (χ2v) is 3.60. The minimum Gasteiger partial charge on any atom is -0.334 e. The highest BCUT2D eigenvalue weighted by atomic mass is 15.1. The predicted molar refractivity (Wildman–Crippen MR) is 49.1 cm³/mol. The molecule has 66 valence electrons. The van der Waals surface area contributed by atoms with Gasteiger partial charge in [0.25, 0.3) is 0 Å². The minimum absolute atomic E-state index is 0.748. The van der Waals surface area contributed by atoms with Gasteiger partial charge in [-0.2, -0.15) is 0 Å². The van der Waals surface area contributed by atoms with Gasteiger partial charge >= 0.3 is 0 Å². The number of hydrogen-bond donors (Lipinski definition) is 0. The Balaban J connectivity index is 2.11.